The molecule has 0 saturated carbocycles. The van der Waals surface area contributed by atoms with Crippen molar-refractivity contribution in [1.82, 2.24) is 25.4 Å². The van der Waals surface area contributed by atoms with Crippen LogP contribution in [0, 0.1) is 13.8 Å². The molecule has 2 aromatic heterocycles. The smallest absolute Gasteiger partial charge is 0.192 e. The average Bonchev–Trinajstić information content (AvgIpc) is 3.35. The summed E-state index contributed by atoms with van der Waals surface area (Å²) >= 11 is 1.72. The van der Waals surface area contributed by atoms with Crippen LogP contribution in [0.15, 0.2) is 40.7 Å². The monoisotopic (exact) mass is 412 g/mol. The minimum absolute atomic E-state index is 0.463. The lowest BCUT2D eigenvalue weighted by Crippen LogP contribution is -2.38. The minimum Gasteiger partial charge on any atom is -0.496 e. The molecule has 0 aliphatic heterocycles. The second-order valence-electron chi connectivity index (χ2n) is 6.81. The molecule has 0 fully saturated rings. The number of guanidine groups is 1. The Morgan fingerprint density at radius 1 is 1.21 bits per heavy atom. The van der Waals surface area contributed by atoms with Gasteiger partial charge in [-0.15, -0.1) is 21.5 Å². The van der Waals surface area contributed by atoms with Crippen LogP contribution in [0.2, 0.25) is 0 Å². The average molecular weight is 413 g/mol. The van der Waals surface area contributed by atoms with Gasteiger partial charge in [0.1, 0.15) is 18.1 Å². The van der Waals surface area contributed by atoms with E-state index in [0.29, 0.717) is 6.54 Å². The lowest BCUT2D eigenvalue weighted by atomic mass is 10.1. The van der Waals surface area contributed by atoms with E-state index in [2.05, 4.69) is 57.4 Å². The number of benzene rings is 1. The lowest BCUT2D eigenvalue weighted by molar-refractivity contribution is 0.409. The van der Waals surface area contributed by atoms with Gasteiger partial charge < -0.3 is 19.9 Å². The Balaban J connectivity index is 1.65. The summed E-state index contributed by atoms with van der Waals surface area (Å²) in [6.07, 6.45) is 0.841. The summed E-state index contributed by atoms with van der Waals surface area (Å²) in [5.74, 6) is 3.38. The van der Waals surface area contributed by atoms with Crippen LogP contribution in [-0.4, -0.2) is 34.4 Å². The number of thiophene rings is 1. The molecule has 7 nitrogen and oxygen atoms in total. The fraction of sp³-hybridized carbons (Fsp3) is 0.381. The maximum atomic E-state index is 5.48. The van der Waals surface area contributed by atoms with Crippen molar-refractivity contribution in [3.8, 4) is 5.75 Å². The van der Waals surface area contributed by atoms with Crippen molar-refractivity contribution in [1.29, 1.82) is 0 Å². The lowest BCUT2D eigenvalue weighted by Gasteiger charge is -2.14. The maximum Gasteiger partial charge on any atom is 0.192 e. The van der Waals surface area contributed by atoms with Gasteiger partial charge in [-0.3, -0.25) is 0 Å². The van der Waals surface area contributed by atoms with Crippen molar-refractivity contribution in [2.75, 3.05) is 13.7 Å². The molecule has 154 valence electrons. The van der Waals surface area contributed by atoms with Crippen molar-refractivity contribution in [3.05, 3.63) is 63.4 Å². The zero-order chi connectivity index (χ0) is 20.6. The molecular weight excluding hydrogens is 384 g/mol. The third kappa shape index (κ3) is 5.80. The predicted octanol–water partition coefficient (Wildman–Crippen LogP) is 2.98. The van der Waals surface area contributed by atoms with Crippen LogP contribution >= 0.6 is 11.3 Å². The summed E-state index contributed by atoms with van der Waals surface area (Å²) < 4.78 is 7.44. The van der Waals surface area contributed by atoms with Crippen molar-refractivity contribution in [3.63, 3.8) is 0 Å². The number of aliphatic imine (C=N–C) groups is 1. The second kappa shape index (κ2) is 10.1. The Hall–Kier alpha value is -2.87. The van der Waals surface area contributed by atoms with Crippen LogP contribution in [0.25, 0.3) is 0 Å². The number of aromatic nitrogens is 3. The summed E-state index contributed by atoms with van der Waals surface area (Å²) in [7, 11) is 3.66. The first-order valence-corrected chi connectivity index (χ1v) is 10.5. The first kappa shape index (κ1) is 20.9. The van der Waals surface area contributed by atoms with Gasteiger partial charge in [0.25, 0.3) is 0 Å². The molecule has 0 saturated heterocycles. The molecule has 0 radical (unpaired) electrons. The molecule has 0 atom stereocenters. The maximum absolute atomic E-state index is 5.48. The third-order valence-corrected chi connectivity index (χ3v) is 5.57. The number of ether oxygens (including phenoxy) is 1. The van der Waals surface area contributed by atoms with Crippen molar-refractivity contribution in [2.24, 2.45) is 12.0 Å². The highest BCUT2D eigenvalue weighted by atomic mass is 32.1. The van der Waals surface area contributed by atoms with E-state index in [1.807, 2.05) is 24.6 Å². The first-order chi connectivity index (χ1) is 14.1. The summed E-state index contributed by atoms with van der Waals surface area (Å²) in [6, 6.07) is 10.4. The van der Waals surface area contributed by atoms with E-state index >= 15 is 0 Å². The van der Waals surface area contributed by atoms with Gasteiger partial charge in [0, 0.05) is 18.5 Å². The largest absolute Gasteiger partial charge is 0.496 e. The normalized spacial score (nSPS) is 11.5. The second-order valence-corrected chi connectivity index (χ2v) is 7.84. The Bertz CT molecular complexity index is 948. The van der Waals surface area contributed by atoms with Gasteiger partial charge in [0.15, 0.2) is 11.8 Å². The third-order valence-electron chi connectivity index (χ3n) is 4.69. The van der Waals surface area contributed by atoms with Gasteiger partial charge in [-0.25, -0.2) is 4.99 Å². The molecule has 3 aromatic rings. The molecule has 2 N–H and O–H groups in total. The fourth-order valence-corrected chi connectivity index (χ4v) is 3.56. The van der Waals surface area contributed by atoms with Gasteiger partial charge in [0.2, 0.25) is 0 Å². The Kier molecular flexibility index (Phi) is 7.24. The number of nitrogens with one attached hydrogen (secondary N) is 2. The van der Waals surface area contributed by atoms with E-state index < -0.39 is 0 Å². The van der Waals surface area contributed by atoms with Gasteiger partial charge in [0.05, 0.1) is 13.7 Å². The molecular formula is C21H28N6OS. The minimum atomic E-state index is 0.463. The highest BCUT2D eigenvalue weighted by Gasteiger charge is 2.07. The quantitative estimate of drug-likeness (QED) is 0.439. The fourth-order valence-electron chi connectivity index (χ4n) is 2.92. The van der Waals surface area contributed by atoms with E-state index in [1.165, 1.54) is 16.0 Å². The Morgan fingerprint density at radius 2 is 2.07 bits per heavy atom. The predicted molar refractivity (Wildman–Crippen MR) is 117 cm³/mol. The van der Waals surface area contributed by atoms with Crippen molar-refractivity contribution < 1.29 is 4.74 Å². The standard InChI is InChI=1S/C21H28N6OS/c1-15-7-8-19(28-4)17(12-15)9-10-22-21(23-13-18-6-5-11-29-18)24-14-20-26-25-16(2)27(20)3/h5-8,11-12H,9-10,13-14H2,1-4H3,(H2,22,23,24). The van der Waals surface area contributed by atoms with Crippen LogP contribution in [0.5, 0.6) is 5.75 Å². The van der Waals surface area contributed by atoms with E-state index in [-0.39, 0.29) is 0 Å². The number of hydrogen-bond donors (Lipinski definition) is 2. The van der Waals surface area contributed by atoms with Gasteiger partial charge >= 0.3 is 0 Å². The molecule has 8 heteroatoms. The highest BCUT2D eigenvalue weighted by Crippen LogP contribution is 2.19. The summed E-state index contributed by atoms with van der Waals surface area (Å²) in [5.41, 5.74) is 2.41. The van der Waals surface area contributed by atoms with E-state index in [1.54, 1.807) is 18.4 Å². The molecule has 0 spiro atoms. The summed E-state index contributed by atoms with van der Waals surface area (Å²) in [5, 5.41) is 17.2. The molecule has 2 heterocycles. The van der Waals surface area contributed by atoms with Gasteiger partial charge in [-0.2, -0.15) is 0 Å². The Morgan fingerprint density at radius 3 is 2.76 bits per heavy atom. The van der Waals surface area contributed by atoms with Crippen LogP contribution in [0.4, 0.5) is 0 Å². The molecule has 0 bridgehead atoms. The SMILES string of the molecule is COc1ccc(C)cc1CCNC(=NCc1nnc(C)n1C)NCc1cccs1. The first-order valence-electron chi connectivity index (χ1n) is 9.59. The number of methoxy groups -OCH3 is 1. The van der Waals surface area contributed by atoms with Crippen LogP contribution in [-0.2, 0) is 26.6 Å². The number of hydrogen-bond acceptors (Lipinski definition) is 5. The Labute approximate surface area is 175 Å². The molecule has 1 aromatic carbocycles. The van der Waals surface area contributed by atoms with Crippen LogP contribution in [0.3, 0.4) is 0 Å². The van der Waals surface area contributed by atoms with E-state index in [4.69, 9.17) is 9.73 Å². The molecule has 0 amide bonds. The van der Waals surface area contributed by atoms with Crippen molar-refractivity contribution in [2.45, 2.75) is 33.4 Å². The van der Waals surface area contributed by atoms with Crippen LogP contribution in [0.1, 0.15) is 27.7 Å². The van der Waals surface area contributed by atoms with E-state index in [9.17, 15) is 0 Å². The molecule has 0 aliphatic carbocycles. The zero-order valence-electron chi connectivity index (χ0n) is 17.4. The number of rotatable bonds is 8. The van der Waals surface area contributed by atoms with Gasteiger partial charge in [-0.1, -0.05) is 23.8 Å². The summed E-state index contributed by atoms with van der Waals surface area (Å²) in [6.45, 7) is 5.96. The molecule has 3 rings (SSSR count). The molecule has 0 aliphatic rings. The van der Waals surface area contributed by atoms with E-state index in [0.717, 1.165) is 42.9 Å². The molecule has 0 unspecified atom stereocenters. The topological polar surface area (TPSA) is 76.4 Å². The van der Waals surface area contributed by atoms with Crippen molar-refractivity contribution >= 4 is 17.3 Å². The number of nitrogens with zero attached hydrogens (tertiary/aromatic N) is 4. The highest BCUT2D eigenvalue weighted by molar-refractivity contribution is 7.09. The van der Waals surface area contributed by atoms with Crippen LogP contribution < -0.4 is 15.4 Å². The van der Waals surface area contributed by atoms with Gasteiger partial charge in [-0.05, 0) is 43.3 Å². The molecule has 29 heavy (non-hydrogen) atoms. The summed E-state index contributed by atoms with van der Waals surface area (Å²) in [4.78, 5) is 5.96. The zero-order valence-corrected chi connectivity index (χ0v) is 18.2. The number of aryl methyl sites for hydroxylation is 2.